The smallest absolute Gasteiger partial charge is 0.257 e. The summed E-state index contributed by atoms with van der Waals surface area (Å²) in [4.78, 5) is 6.28. The van der Waals surface area contributed by atoms with Crippen molar-refractivity contribution in [3.05, 3.63) is 36.2 Å². The third-order valence-electron chi connectivity index (χ3n) is 2.48. The van der Waals surface area contributed by atoms with E-state index in [0.717, 1.165) is 5.56 Å². The van der Waals surface area contributed by atoms with Gasteiger partial charge in [0.25, 0.3) is 5.89 Å². The number of benzene rings is 1. The van der Waals surface area contributed by atoms with E-state index in [9.17, 15) is 5.11 Å². The third-order valence-corrected chi connectivity index (χ3v) is 2.48. The Bertz CT molecular complexity index is 482. The quantitative estimate of drug-likeness (QED) is 0.868. The van der Waals surface area contributed by atoms with E-state index in [2.05, 4.69) is 10.1 Å². The number of hydrogen-bond acceptors (Lipinski definition) is 5. The first-order chi connectivity index (χ1) is 8.65. The minimum Gasteiger partial charge on any atom is -0.392 e. The molecule has 0 aliphatic heterocycles. The standard InChI is InChI=1S/C13H17N3O2/c1-10(17)8-16(2)9-12-14-13(18-15-12)11-6-4-3-5-7-11/h3-7,10,17H,8-9H2,1-2H3. The number of hydrogen-bond donors (Lipinski definition) is 1. The summed E-state index contributed by atoms with van der Waals surface area (Å²) in [6, 6.07) is 9.66. The average molecular weight is 247 g/mol. The van der Waals surface area contributed by atoms with Crippen LogP contribution in [0.4, 0.5) is 0 Å². The van der Waals surface area contributed by atoms with Crippen LogP contribution in [-0.2, 0) is 6.54 Å². The van der Waals surface area contributed by atoms with Gasteiger partial charge < -0.3 is 9.63 Å². The van der Waals surface area contributed by atoms with Crippen LogP contribution in [0.5, 0.6) is 0 Å². The van der Waals surface area contributed by atoms with Crippen LogP contribution in [0.25, 0.3) is 11.5 Å². The molecule has 96 valence electrons. The molecule has 1 heterocycles. The molecule has 0 bridgehead atoms. The van der Waals surface area contributed by atoms with Crippen molar-refractivity contribution in [2.45, 2.75) is 19.6 Å². The van der Waals surface area contributed by atoms with Gasteiger partial charge in [-0.2, -0.15) is 4.98 Å². The molecule has 1 atom stereocenters. The van der Waals surface area contributed by atoms with E-state index in [1.807, 2.05) is 42.3 Å². The Hall–Kier alpha value is -1.72. The Labute approximate surface area is 106 Å². The van der Waals surface area contributed by atoms with E-state index in [0.29, 0.717) is 24.8 Å². The zero-order valence-corrected chi connectivity index (χ0v) is 10.6. The molecule has 5 nitrogen and oxygen atoms in total. The summed E-state index contributed by atoms with van der Waals surface area (Å²) < 4.78 is 5.21. The molecule has 1 aromatic heterocycles. The second-order valence-electron chi connectivity index (χ2n) is 4.43. The average Bonchev–Trinajstić information content (AvgIpc) is 2.77. The van der Waals surface area contributed by atoms with Crippen molar-refractivity contribution in [2.24, 2.45) is 0 Å². The van der Waals surface area contributed by atoms with Crippen molar-refractivity contribution in [1.82, 2.24) is 15.0 Å². The van der Waals surface area contributed by atoms with Crippen LogP contribution in [-0.4, -0.2) is 39.8 Å². The third kappa shape index (κ3) is 3.38. The van der Waals surface area contributed by atoms with E-state index < -0.39 is 0 Å². The molecule has 2 aromatic rings. The molecule has 5 heteroatoms. The first-order valence-corrected chi connectivity index (χ1v) is 5.90. The van der Waals surface area contributed by atoms with E-state index >= 15 is 0 Å². The molecule has 1 aromatic carbocycles. The summed E-state index contributed by atoms with van der Waals surface area (Å²) in [6.07, 6.45) is -0.365. The molecule has 0 saturated heterocycles. The molecule has 0 aliphatic carbocycles. The van der Waals surface area contributed by atoms with Gasteiger partial charge in [-0.25, -0.2) is 0 Å². The van der Waals surface area contributed by atoms with Crippen LogP contribution in [0.1, 0.15) is 12.7 Å². The van der Waals surface area contributed by atoms with E-state index in [4.69, 9.17) is 4.52 Å². The lowest BCUT2D eigenvalue weighted by molar-refractivity contribution is 0.136. The Morgan fingerprint density at radius 3 is 2.72 bits per heavy atom. The molecule has 2 rings (SSSR count). The summed E-state index contributed by atoms with van der Waals surface area (Å²) in [5, 5.41) is 13.2. The Morgan fingerprint density at radius 1 is 1.33 bits per heavy atom. The number of nitrogens with zero attached hydrogens (tertiary/aromatic N) is 3. The maximum absolute atomic E-state index is 9.28. The second kappa shape index (κ2) is 5.75. The molecule has 0 fully saturated rings. The highest BCUT2D eigenvalue weighted by Crippen LogP contribution is 2.16. The maximum Gasteiger partial charge on any atom is 0.257 e. The molecule has 0 aliphatic rings. The Balaban J connectivity index is 2.03. The van der Waals surface area contributed by atoms with Crippen molar-refractivity contribution in [2.75, 3.05) is 13.6 Å². The lowest BCUT2D eigenvalue weighted by atomic mass is 10.2. The van der Waals surface area contributed by atoms with Crippen LogP contribution in [0.3, 0.4) is 0 Å². The topological polar surface area (TPSA) is 62.4 Å². The number of aromatic nitrogens is 2. The fourth-order valence-corrected chi connectivity index (χ4v) is 1.77. The summed E-state index contributed by atoms with van der Waals surface area (Å²) in [5.74, 6) is 1.15. The second-order valence-corrected chi connectivity index (χ2v) is 4.43. The molecule has 1 N–H and O–H groups in total. The van der Waals surface area contributed by atoms with Gasteiger partial charge in [-0.15, -0.1) is 0 Å². The molecular formula is C13H17N3O2. The SMILES string of the molecule is CC(O)CN(C)Cc1noc(-c2ccccc2)n1. The van der Waals surface area contributed by atoms with Gasteiger partial charge >= 0.3 is 0 Å². The summed E-state index contributed by atoms with van der Waals surface area (Å²) in [6.45, 7) is 2.89. The van der Waals surface area contributed by atoms with Crippen LogP contribution < -0.4 is 0 Å². The largest absolute Gasteiger partial charge is 0.392 e. The Kier molecular flexibility index (Phi) is 4.07. The molecular weight excluding hydrogens is 230 g/mol. The van der Waals surface area contributed by atoms with Crippen LogP contribution in [0.15, 0.2) is 34.9 Å². The molecule has 18 heavy (non-hydrogen) atoms. The number of aliphatic hydroxyl groups is 1. The Morgan fingerprint density at radius 2 is 2.06 bits per heavy atom. The lowest BCUT2D eigenvalue weighted by Crippen LogP contribution is -2.27. The van der Waals surface area contributed by atoms with E-state index in [1.54, 1.807) is 6.92 Å². The highest BCUT2D eigenvalue weighted by atomic mass is 16.5. The van der Waals surface area contributed by atoms with Gasteiger partial charge in [0.15, 0.2) is 5.82 Å². The first kappa shape index (κ1) is 12.7. The summed E-state index contributed by atoms with van der Waals surface area (Å²) in [5.41, 5.74) is 0.912. The van der Waals surface area contributed by atoms with Gasteiger partial charge in [0.05, 0.1) is 12.6 Å². The van der Waals surface area contributed by atoms with Crippen LogP contribution in [0.2, 0.25) is 0 Å². The lowest BCUT2D eigenvalue weighted by Gasteiger charge is -2.15. The summed E-state index contributed by atoms with van der Waals surface area (Å²) in [7, 11) is 1.91. The van der Waals surface area contributed by atoms with Gasteiger partial charge in [-0.1, -0.05) is 23.4 Å². The van der Waals surface area contributed by atoms with Crippen molar-refractivity contribution in [3.63, 3.8) is 0 Å². The van der Waals surface area contributed by atoms with Crippen molar-refractivity contribution < 1.29 is 9.63 Å². The highest BCUT2D eigenvalue weighted by Gasteiger charge is 2.11. The van der Waals surface area contributed by atoms with Gasteiger partial charge in [0.1, 0.15) is 0 Å². The zero-order valence-electron chi connectivity index (χ0n) is 10.6. The molecule has 0 saturated carbocycles. The number of likely N-dealkylation sites (N-methyl/N-ethyl adjacent to an activating group) is 1. The predicted octanol–water partition coefficient (Wildman–Crippen LogP) is 1.55. The first-order valence-electron chi connectivity index (χ1n) is 5.90. The number of aliphatic hydroxyl groups excluding tert-OH is 1. The normalized spacial score (nSPS) is 12.9. The predicted molar refractivity (Wildman–Crippen MR) is 67.7 cm³/mol. The van der Waals surface area contributed by atoms with E-state index in [-0.39, 0.29) is 6.10 Å². The fourth-order valence-electron chi connectivity index (χ4n) is 1.77. The van der Waals surface area contributed by atoms with Gasteiger partial charge in [-0.05, 0) is 26.1 Å². The van der Waals surface area contributed by atoms with Gasteiger partial charge in [-0.3, -0.25) is 4.90 Å². The zero-order chi connectivity index (χ0) is 13.0. The molecule has 0 radical (unpaired) electrons. The minimum absolute atomic E-state index is 0.365. The minimum atomic E-state index is -0.365. The summed E-state index contributed by atoms with van der Waals surface area (Å²) >= 11 is 0. The maximum atomic E-state index is 9.28. The van der Waals surface area contributed by atoms with Gasteiger partial charge in [0.2, 0.25) is 0 Å². The van der Waals surface area contributed by atoms with Crippen LogP contribution >= 0.6 is 0 Å². The molecule has 0 spiro atoms. The van der Waals surface area contributed by atoms with Crippen LogP contribution in [0, 0.1) is 0 Å². The van der Waals surface area contributed by atoms with Crippen molar-refractivity contribution >= 4 is 0 Å². The van der Waals surface area contributed by atoms with Crippen molar-refractivity contribution in [3.8, 4) is 11.5 Å². The monoisotopic (exact) mass is 247 g/mol. The highest BCUT2D eigenvalue weighted by molar-refractivity contribution is 5.51. The number of rotatable bonds is 5. The molecule has 0 amide bonds. The van der Waals surface area contributed by atoms with E-state index in [1.165, 1.54) is 0 Å². The fraction of sp³-hybridized carbons (Fsp3) is 0.385. The van der Waals surface area contributed by atoms with Gasteiger partial charge in [0, 0.05) is 12.1 Å². The van der Waals surface area contributed by atoms with Crippen molar-refractivity contribution in [1.29, 1.82) is 0 Å². The molecule has 1 unspecified atom stereocenters.